The van der Waals surface area contributed by atoms with Gasteiger partial charge in [0.05, 0.1) is 22.8 Å². The summed E-state index contributed by atoms with van der Waals surface area (Å²) in [5.41, 5.74) is 8.36. The van der Waals surface area contributed by atoms with Gasteiger partial charge in [0.15, 0.2) is 0 Å². The van der Waals surface area contributed by atoms with E-state index in [4.69, 9.17) is 0 Å². The van der Waals surface area contributed by atoms with Gasteiger partial charge in [0.2, 0.25) is 0 Å². The predicted octanol–water partition coefficient (Wildman–Crippen LogP) is 3.39. The van der Waals surface area contributed by atoms with Crippen LogP contribution in [0.25, 0.3) is 0 Å². The summed E-state index contributed by atoms with van der Waals surface area (Å²) in [6, 6.07) is 23.1. The van der Waals surface area contributed by atoms with Gasteiger partial charge in [-0.3, -0.25) is 9.59 Å². The first-order valence-corrected chi connectivity index (χ1v) is 9.32. The van der Waals surface area contributed by atoms with Gasteiger partial charge < -0.3 is 0 Å². The Labute approximate surface area is 174 Å². The first-order chi connectivity index (χ1) is 14.5. The Morgan fingerprint density at radius 1 is 0.633 bits per heavy atom. The van der Waals surface area contributed by atoms with Crippen LogP contribution in [0.15, 0.2) is 89.1 Å². The number of carbonyl (C=O) groups excluding carboxylic acids is 2. The average Bonchev–Trinajstić information content (AvgIpc) is 2.81. The van der Waals surface area contributed by atoms with Crippen molar-refractivity contribution < 1.29 is 9.59 Å². The second kappa shape index (κ2) is 9.88. The normalized spacial score (nSPS) is 11.7. The van der Waals surface area contributed by atoms with Crippen LogP contribution < -0.4 is 10.9 Å². The Balaban J connectivity index is 1.68. The number of hydrogen-bond donors (Lipinski definition) is 2. The van der Waals surface area contributed by atoms with Gasteiger partial charge in [-0.25, -0.2) is 15.8 Å². The molecule has 150 valence electrons. The van der Waals surface area contributed by atoms with Crippen LogP contribution >= 0.6 is 0 Å². The fourth-order valence-electron chi connectivity index (χ4n) is 2.53. The number of carbonyl (C=O) groups is 2. The van der Waals surface area contributed by atoms with Crippen molar-refractivity contribution in [2.75, 3.05) is 0 Å². The molecule has 0 unspecified atom stereocenters. The lowest BCUT2D eigenvalue weighted by molar-refractivity contribution is 0.0947. The number of nitrogens with zero attached hydrogens (tertiary/aromatic N) is 3. The lowest BCUT2D eigenvalue weighted by atomic mass is 10.2. The molecule has 0 spiro atoms. The van der Waals surface area contributed by atoms with E-state index in [0.29, 0.717) is 33.9 Å². The van der Waals surface area contributed by atoms with Gasteiger partial charge in [0.1, 0.15) is 0 Å². The maximum Gasteiger partial charge on any atom is 0.271 e. The smallest absolute Gasteiger partial charge is 0.267 e. The predicted molar refractivity (Wildman–Crippen MR) is 116 cm³/mol. The molecule has 0 aliphatic carbocycles. The van der Waals surface area contributed by atoms with Gasteiger partial charge in [-0.2, -0.15) is 10.2 Å². The first kappa shape index (κ1) is 20.6. The third-order valence-corrected chi connectivity index (χ3v) is 4.21. The zero-order valence-corrected chi connectivity index (χ0v) is 16.7. The van der Waals surface area contributed by atoms with Gasteiger partial charge in [-0.15, -0.1) is 0 Å². The first-order valence-electron chi connectivity index (χ1n) is 9.32. The Morgan fingerprint density at radius 2 is 1.03 bits per heavy atom. The van der Waals surface area contributed by atoms with E-state index in [1.165, 1.54) is 0 Å². The van der Waals surface area contributed by atoms with Crippen molar-refractivity contribution in [3.63, 3.8) is 0 Å². The molecule has 7 nitrogen and oxygen atoms in total. The van der Waals surface area contributed by atoms with E-state index >= 15 is 0 Å². The quantitative estimate of drug-likeness (QED) is 0.491. The molecule has 3 rings (SSSR count). The van der Waals surface area contributed by atoms with Gasteiger partial charge in [0.25, 0.3) is 11.8 Å². The van der Waals surface area contributed by atoms with Crippen LogP contribution in [0, 0.1) is 0 Å². The fourth-order valence-corrected chi connectivity index (χ4v) is 2.53. The standard InChI is InChI=1S/C23H21N5O2/c1-16(25-27-22(29)18-10-5-3-6-11-18)20-14-9-15-21(24-20)17(2)26-28-23(30)19-12-7-4-8-13-19/h3-15H,1-2H3,(H,27,29)(H,28,30)/b25-16-,26-17+. The minimum atomic E-state index is -0.299. The Hall–Kier alpha value is -4.13. The van der Waals surface area contributed by atoms with Crippen LogP contribution in [0.2, 0.25) is 0 Å². The van der Waals surface area contributed by atoms with Crippen molar-refractivity contribution in [1.82, 2.24) is 15.8 Å². The lowest BCUT2D eigenvalue weighted by Gasteiger charge is -2.06. The molecule has 1 aromatic heterocycles. The number of hydrogen-bond acceptors (Lipinski definition) is 5. The summed E-state index contributed by atoms with van der Waals surface area (Å²) in [4.78, 5) is 28.8. The van der Waals surface area contributed by atoms with E-state index < -0.39 is 0 Å². The van der Waals surface area contributed by atoms with Crippen LogP contribution in [-0.4, -0.2) is 28.2 Å². The molecule has 0 aliphatic rings. The Morgan fingerprint density at radius 3 is 1.43 bits per heavy atom. The molecule has 30 heavy (non-hydrogen) atoms. The van der Waals surface area contributed by atoms with Gasteiger partial charge in [0, 0.05) is 11.1 Å². The van der Waals surface area contributed by atoms with Crippen molar-refractivity contribution in [3.05, 3.63) is 101 Å². The summed E-state index contributed by atoms with van der Waals surface area (Å²) in [6.07, 6.45) is 0. The number of hydrazone groups is 2. The Kier molecular flexibility index (Phi) is 6.78. The van der Waals surface area contributed by atoms with Crippen molar-refractivity contribution in [2.45, 2.75) is 13.8 Å². The average molecular weight is 399 g/mol. The van der Waals surface area contributed by atoms with E-state index in [2.05, 4.69) is 26.0 Å². The molecule has 2 amide bonds. The molecule has 7 heteroatoms. The summed E-state index contributed by atoms with van der Waals surface area (Å²) in [5.74, 6) is -0.597. The van der Waals surface area contributed by atoms with Crippen molar-refractivity contribution >= 4 is 23.2 Å². The van der Waals surface area contributed by atoms with Crippen LogP contribution in [0.5, 0.6) is 0 Å². The highest BCUT2D eigenvalue weighted by Crippen LogP contribution is 2.04. The number of benzene rings is 2. The minimum Gasteiger partial charge on any atom is -0.267 e. The molecule has 0 bridgehead atoms. The maximum absolute atomic E-state index is 12.1. The van der Waals surface area contributed by atoms with Crippen LogP contribution in [0.3, 0.4) is 0 Å². The van der Waals surface area contributed by atoms with Gasteiger partial charge in [-0.05, 0) is 50.2 Å². The maximum atomic E-state index is 12.1. The molecule has 0 aliphatic heterocycles. The number of aromatic nitrogens is 1. The van der Waals surface area contributed by atoms with Gasteiger partial charge >= 0.3 is 0 Å². The zero-order valence-electron chi connectivity index (χ0n) is 16.7. The van der Waals surface area contributed by atoms with E-state index in [1.807, 2.05) is 18.2 Å². The third kappa shape index (κ3) is 5.45. The highest BCUT2D eigenvalue weighted by atomic mass is 16.2. The second-order valence-electron chi connectivity index (χ2n) is 6.42. The molecule has 1 heterocycles. The molecule has 2 aromatic carbocycles. The molecule has 0 fully saturated rings. The summed E-state index contributed by atoms with van der Waals surface area (Å²) >= 11 is 0. The third-order valence-electron chi connectivity index (χ3n) is 4.21. The van der Waals surface area contributed by atoms with Crippen LogP contribution in [0.1, 0.15) is 46.0 Å². The highest BCUT2D eigenvalue weighted by Gasteiger charge is 2.08. The summed E-state index contributed by atoms with van der Waals surface area (Å²) < 4.78 is 0. The lowest BCUT2D eigenvalue weighted by Crippen LogP contribution is -2.20. The van der Waals surface area contributed by atoms with E-state index in [-0.39, 0.29) is 11.8 Å². The monoisotopic (exact) mass is 399 g/mol. The highest BCUT2D eigenvalue weighted by molar-refractivity contribution is 6.02. The molecule has 3 aromatic rings. The molecular weight excluding hydrogens is 378 g/mol. The fraction of sp³-hybridized carbons (Fsp3) is 0.0870. The van der Waals surface area contributed by atoms with Crippen molar-refractivity contribution in [1.29, 1.82) is 0 Å². The number of nitrogens with one attached hydrogen (secondary N) is 2. The second-order valence-corrected chi connectivity index (χ2v) is 6.42. The molecule has 0 atom stereocenters. The molecule has 2 N–H and O–H groups in total. The molecule has 0 saturated heterocycles. The molecule has 0 radical (unpaired) electrons. The van der Waals surface area contributed by atoms with Crippen LogP contribution in [0.4, 0.5) is 0 Å². The largest absolute Gasteiger partial charge is 0.271 e. The summed E-state index contributed by atoms with van der Waals surface area (Å²) in [7, 11) is 0. The van der Waals surface area contributed by atoms with Crippen molar-refractivity contribution in [2.24, 2.45) is 10.2 Å². The van der Waals surface area contributed by atoms with E-state index in [9.17, 15) is 9.59 Å². The van der Waals surface area contributed by atoms with E-state index in [0.717, 1.165) is 0 Å². The number of pyridine rings is 1. The molecule has 0 saturated carbocycles. The number of rotatable bonds is 6. The number of amides is 2. The summed E-state index contributed by atoms with van der Waals surface area (Å²) in [6.45, 7) is 3.50. The zero-order chi connectivity index (χ0) is 21.3. The Bertz CT molecular complexity index is 1010. The summed E-state index contributed by atoms with van der Waals surface area (Å²) in [5, 5.41) is 8.26. The topological polar surface area (TPSA) is 95.8 Å². The van der Waals surface area contributed by atoms with Gasteiger partial charge in [-0.1, -0.05) is 42.5 Å². The SMILES string of the molecule is C/C(=N/NC(=O)c1ccccc1)c1cccc(/C(C)=N/NC(=O)c2ccccc2)n1. The molecular formula is C23H21N5O2. The van der Waals surface area contributed by atoms with E-state index in [1.54, 1.807) is 74.5 Å². The van der Waals surface area contributed by atoms with Crippen LogP contribution in [-0.2, 0) is 0 Å². The minimum absolute atomic E-state index is 0.299. The van der Waals surface area contributed by atoms with Crippen molar-refractivity contribution in [3.8, 4) is 0 Å².